The van der Waals surface area contributed by atoms with Gasteiger partial charge in [-0.25, -0.2) is 0 Å². The lowest BCUT2D eigenvalue weighted by molar-refractivity contribution is -0.136. The Hall–Kier alpha value is -2.81. The molecule has 2 heterocycles. The van der Waals surface area contributed by atoms with Gasteiger partial charge in [0.25, 0.3) is 5.56 Å². The molecule has 0 bridgehead atoms. The van der Waals surface area contributed by atoms with Crippen molar-refractivity contribution in [1.29, 1.82) is 0 Å². The van der Waals surface area contributed by atoms with Gasteiger partial charge >= 0.3 is 5.97 Å². The van der Waals surface area contributed by atoms with Gasteiger partial charge in [0.2, 0.25) is 4.96 Å². The van der Waals surface area contributed by atoms with E-state index in [0.29, 0.717) is 10.8 Å². The van der Waals surface area contributed by atoms with Gasteiger partial charge in [-0.2, -0.15) is 9.61 Å². The fourth-order valence-corrected chi connectivity index (χ4v) is 2.95. The summed E-state index contributed by atoms with van der Waals surface area (Å²) in [5, 5.41) is 21.0. The number of carboxylic acids is 1. The molecule has 0 fully saturated rings. The van der Waals surface area contributed by atoms with Crippen LogP contribution >= 0.6 is 11.3 Å². The number of hydrogen-bond donors (Lipinski definition) is 1. The Kier molecular flexibility index (Phi) is 4.02. The molecule has 0 saturated carbocycles. The lowest BCUT2D eigenvalue weighted by atomic mass is 10.1. The van der Waals surface area contributed by atoms with Gasteiger partial charge in [0.15, 0.2) is 0 Å². The molecular weight excluding hydrogens is 320 g/mol. The molecular formula is C14H12N4O4S. The summed E-state index contributed by atoms with van der Waals surface area (Å²) < 4.78 is 6.35. The summed E-state index contributed by atoms with van der Waals surface area (Å²) in [6.07, 6.45) is -0.000114. The maximum Gasteiger partial charge on any atom is 0.310 e. The van der Waals surface area contributed by atoms with Crippen LogP contribution in [0.2, 0.25) is 0 Å². The number of carboxylic acid groups (broad SMARTS) is 1. The van der Waals surface area contributed by atoms with Crippen molar-refractivity contribution in [2.24, 2.45) is 0 Å². The monoisotopic (exact) mass is 332 g/mol. The minimum Gasteiger partial charge on any atom is -0.496 e. The van der Waals surface area contributed by atoms with Gasteiger partial charge in [0.05, 0.1) is 13.5 Å². The van der Waals surface area contributed by atoms with Crippen LogP contribution in [-0.2, 0) is 17.6 Å². The average Bonchev–Trinajstić information content (AvgIpc) is 2.93. The first-order valence-corrected chi connectivity index (χ1v) is 7.48. The van der Waals surface area contributed by atoms with E-state index in [2.05, 4.69) is 15.3 Å². The highest BCUT2D eigenvalue weighted by Gasteiger charge is 2.15. The summed E-state index contributed by atoms with van der Waals surface area (Å²) in [6, 6.07) is 7.32. The molecule has 0 aliphatic heterocycles. The number of aliphatic carboxylic acids is 1. The third kappa shape index (κ3) is 3.04. The zero-order valence-electron chi connectivity index (χ0n) is 12.1. The Morgan fingerprint density at radius 2 is 2.13 bits per heavy atom. The van der Waals surface area contributed by atoms with Gasteiger partial charge in [0, 0.05) is 12.0 Å². The van der Waals surface area contributed by atoms with Crippen molar-refractivity contribution in [1.82, 2.24) is 19.8 Å². The summed E-state index contributed by atoms with van der Waals surface area (Å²) in [5.41, 5.74) is 0.621. The Morgan fingerprint density at radius 1 is 1.35 bits per heavy atom. The molecule has 8 nitrogen and oxygen atoms in total. The van der Waals surface area contributed by atoms with Crippen LogP contribution in [0.25, 0.3) is 4.96 Å². The highest BCUT2D eigenvalue weighted by molar-refractivity contribution is 7.16. The number of aromatic nitrogens is 4. The van der Waals surface area contributed by atoms with Crippen LogP contribution in [0, 0.1) is 0 Å². The molecule has 0 saturated heterocycles. The molecule has 0 aliphatic carbocycles. The van der Waals surface area contributed by atoms with Crippen LogP contribution in [0.1, 0.15) is 16.3 Å². The second-order valence-corrected chi connectivity index (χ2v) is 5.74. The molecule has 9 heteroatoms. The van der Waals surface area contributed by atoms with Crippen molar-refractivity contribution in [3.8, 4) is 5.75 Å². The maximum absolute atomic E-state index is 12.4. The van der Waals surface area contributed by atoms with E-state index in [1.54, 1.807) is 13.2 Å². The zero-order valence-corrected chi connectivity index (χ0v) is 12.9. The minimum atomic E-state index is -1.01. The van der Waals surface area contributed by atoms with Crippen LogP contribution in [-0.4, -0.2) is 38.0 Å². The fourth-order valence-electron chi connectivity index (χ4n) is 2.13. The number of carbonyl (C=O) groups is 1. The predicted molar refractivity (Wildman–Crippen MR) is 82.1 cm³/mol. The third-order valence-electron chi connectivity index (χ3n) is 3.15. The number of rotatable bonds is 5. The van der Waals surface area contributed by atoms with E-state index in [4.69, 9.17) is 9.84 Å². The van der Waals surface area contributed by atoms with E-state index in [1.807, 2.05) is 18.2 Å². The SMILES string of the molecule is COc1ccccc1Cc1nnc2sc(CC(=O)O)nn2c1=O. The first-order chi connectivity index (χ1) is 11.1. The second-order valence-electron chi connectivity index (χ2n) is 4.70. The molecule has 3 aromatic rings. The predicted octanol–water partition coefficient (Wildman–Crippen LogP) is 0.772. The zero-order chi connectivity index (χ0) is 16.4. The van der Waals surface area contributed by atoms with Crippen molar-refractivity contribution in [2.45, 2.75) is 12.8 Å². The first kappa shape index (κ1) is 15.1. The maximum atomic E-state index is 12.4. The van der Waals surface area contributed by atoms with Crippen molar-refractivity contribution < 1.29 is 14.6 Å². The largest absolute Gasteiger partial charge is 0.496 e. The van der Waals surface area contributed by atoms with Crippen molar-refractivity contribution in [3.05, 3.63) is 50.9 Å². The van der Waals surface area contributed by atoms with E-state index < -0.39 is 11.5 Å². The van der Waals surface area contributed by atoms with E-state index in [-0.39, 0.29) is 23.5 Å². The van der Waals surface area contributed by atoms with Crippen LogP contribution in [0.15, 0.2) is 29.1 Å². The smallest absolute Gasteiger partial charge is 0.310 e. The number of benzene rings is 1. The molecule has 0 spiro atoms. The van der Waals surface area contributed by atoms with Gasteiger partial charge in [-0.3, -0.25) is 9.59 Å². The van der Waals surface area contributed by atoms with Crippen molar-refractivity contribution in [3.63, 3.8) is 0 Å². The lowest BCUT2D eigenvalue weighted by Gasteiger charge is -2.06. The van der Waals surface area contributed by atoms with E-state index >= 15 is 0 Å². The van der Waals surface area contributed by atoms with Crippen LogP contribution in [0.4, 0.5) is 0 Å². The summed E-state index contributed by atoms with van der Waals surface area (Å²) in [7, 11) is 1.55. The molecule has 118 valence electrons. The van der Waals surface area contributed by atoms with Crippen LogP contribution in [0.5, 0.6) is 5.75 Å². The molecule has 0 unspecified atom stereocenters. The first-order valence-electron chi connectivity index (χ1n) is 6.66. The van der Waals surface area contributed by atoms with Gasteiger partial charge < -0.3 is 9.84 Å². The topological polar surface area (TPSA) is 107 Å². The van der Waals surface area contributed by atoms with Gasteiger partial charge in [-0.05, 0) is 6.07 Å². The van der Waals surface area contributed by atoms with Crippen LogP contribution < -0.4 is 10.3 Å². The molecule has 0 amide bonds. The Labute approximate surface area is 134 Å². The fraction of sp³-hybridized carbons (Fsp3) is 0.214. The molecule has 0 atom stereocenters. The molecule has 3 rings (SSSR count). The number of methoxy groups -OCH3 is 1. The lowest BCUT2D eigenvalue weighted by Crippen LogP contribution is -2.22. The number of hydrogen-bond acceptors (Lipinski definition) is 7. The molecule has 1 aromatic carbocycles. The summed E-state index contributed by atoms with van der Waals surface area (Å²) in [4.78, 5) is 23.5. The van der Waals surface area contributed by atoms with Crippen molar-refractivity contribution >= 4 is 22.3 Å². The molecule has 2 aromatic heterocycles. The highest BCUT2D eigenvalue weighted by Crippen LogP contribution is 2.19. The van der Waals surface area contributed by atoms with Crippen molar-refractivity contribution in [2.75, 3.05) is 7.11 Å². The van der Waals surface area contributed by atoms with Gasteiger partial charge in [-0.15, -0.1) is 10.2 Å². The number of nitrogens with zero attached hydrogens (tertiary/aromatic N) is 4. The Balaban J connectivity index is 2.00. The van der Waals surface area contributed by atoms with E-state index in [0.717, 1.165) is 21.4 Å². The normalized spacial score (nSPS) is 10.8. The Bertz CT molecular complexity index is 934. The van der Waals surface area contributed by atoms with Gasteiger partial charge in [-0.1, -0.05) is 29.5 Å². The summed E-state index contributed by atoms with van der Waals surface area (Å²) >= 11 is 1.04. The number of ether oxygens (including phenoxy) is 1. The molecule has 0 radical (unpaired) electrons. The van der Waals surface area contributed by atoms with Crippen LogP contribution in [0.3, 0.4) is 0 Å². The average molecular weight is 332 g/mol. The Morgan fingerprint density at radius 3 is 2.87 bits per heavy atom. The number of para-hydroxylation sites is 1. The molecule has 1 N–H and O–H groups in total. The second kappa shape index (κ2) is 6.13. The van der Waals surface area contributed by atoms with E-state index in [9.17, 15) is 9.59 Å². The quantitative estimate of drug-likeness (QED) is 0.735. The molecule has 23 heavy (non-hydrogen) atoms. The number of fused-ring (bicyclic) bond motifs is 1. The standard InChI is InChI=1S/C14H12N4O4S/c1-22-10-5-3-2-4-8(10)6-9-13(21)18-14(16-15-9)23-11(17-18)7-12(19)20/h2-5H,6-7H2,1H3,(H,19,20). The summed E-state index contributed by atoms with van der Waals surface area (Å²) in [5.74, 6) is -0.358. The van der Waals surface area contributed by atoms with Gasteiger partial charge in [0.1, 0.15) is 16.5 Å². The third-order valence-corrected chi connectivity index (χ3v) is 4.05. The summed E-state index contributed by atoms with van der Waals surface area (Å²) in [6.45, 7) is 0. The molecule has 0 aliphatic rings. The van der Waals surface area contributed by atoms with E-state index in [1.165, 1.54) is 0 Å². The highest BCUT2D eigenvalue weighted by atomic mass is 32.1. The minimum absolute atomic E-state index is 0.221.